The molecule has 0 radical (unpaired) electrons. The molecule has 0 saturated heterocycles. The Hall–Kier alpha value is -1.03. The number of rotatable bonds is 6. The molecule has 0 aliphatic carbocycles. The molecule has 1 N–H and O–H groups in total. The van der Waals surface area contributed by atoms with E-state index >= 15 is 0 Å². The van der Waals surface area contributed by atoms with E-state index in [9.17, 15) is 4.79 Å². The fourth-order valence-corrected chi connectivity index (χ4v) is 1.45. The largest absolute Gasteiger partial charge is 0.328 e. The standard InChI is InChI=1S/C10H19N3O/c1-3-12-8-9-13(10(12)14)7-5-4-6-11-2/h8-9,11H,3-7H2,1-2H3. The smallest absolute Gasteiger partial charge is 0.320 e. The van der Waals surface area contributed by atoms with Crippen LogP contribution in [0.3, 0.4) is 0 Å². The van der Waals surface area contributed by atoms with Crippen LogP contribution < -0.4 is 11.0 Å². The second-order valence-electron chi connectivity index (χ2n) is 3.37. The van der Waals surface area contributed by atoms with Crippen molar-refractivity contribution in [1.29, 1.82) is 0 Å². The van der Waals surface area contributed by atoms with Crippen molar-refractivity contribution >= 4 is 0 Å². The van der Waals surface area contributed by atoms with Crippen LogP contribution in [0.15, 0.2) is 17.2 Å². The number of nitrogens with zero attached hydrogens (tertiary/aromatic N) is 2. The van der Waals surface area contributed by atoms with E-state index < -0.39 is 0 Å². The summed E-state index contributed by atoms with van der Waals surface area (Å²) in [5.74, 6) is 0. The van der Waals surface area contributed by atoms with E-state index in [1.54, 1.807) is 9.13 Å². The maximum atomic E-state index is 11.6. The Labute approximate surface area is 84.5 Å². The third-order valence-electron chi connectivity index (χ3n) is 2.33. The van der Waals surface area contributed by atoms with Crippen molar-refractivity contribution in [3.63, 3.8) is 0 Å². The van der Waals surface area contributed by atoms with Gasteiger partial charge in [-0.3, -0.25) is 9.13 Å². The van der Waals surface area contributed by atoms with Gasteiger partial charge >= 0.3 is 5.69 Å². The minimum atomic E-state index is 0.108. The first-order valence-electron chi connectivity index (χ1n) is 5.19. The Morgan fingerprint density at radius 1 is 1.29 bits per heavy atom. The summed E-state index contributed by atoms with van der Waals surface area (Å²) in [6, 6.07) is 0. The molecular weight excluding hydrogens is 178 g/mol. The molecule has 4 heteroatoms. The van der Waals surface area contributed by atoms with Crippen molar-refractivity contribution in [3.05, 3.63) is 22.9 Å². The fourth-order valence-electron chi connectivity index (χ4n) is 1.45. The van der Waals surface area contributed by atoms with Crippen molar-refractivity contribution in [2.75, 3.05) is 13.6 Å². The minimum absolute atomic E-state index is 0.108. The van der Waals surface area contributed by atoms with E-state index in [0.29, 0.717) is 0 Å². The molecule has 0 saturated carbocycles. The third-order valence-corrected chi connectivity index (χ3v) is 2.33. The van der Waals surface area contributed by atoms with E-state index in [2.05, 4.69) is 5.32 Å². The summed E-state index contributed by atoms with van der Waals surface area (Å²) in [7, 11) is 1.94. The summed E-state index contributed by atoms with van der Waals surface area (Å²) in [4.78, 5) is 11.6. The van der Waals surface area contributed by atoms with Gasteiger partial charge in [0.2, 0.25) is 0 Å². The van der Waals surface area contributed by atoms with Crippen LogP contribution in [-0.4, -0.2) is 22.7 Å². The summed E-state index contributed by atoms with van der Waals surface area (Å²) < 4.78 is 3.50. The Balaban J connectivity index is 2.43. The van der Waals surface area contributed by atoms with Crippen LogP contribution in [-0.2, 0) is 13.1 Å². The summed E-state index contributed by atoms with van der Waals surface area (Å²) in [5, 5.41) is 3.09. The number of hydrogen-bond donors (Lipinski definition) is 1. The first-order chi connectivity index (χ1) is 6.79. The molecule has 0 spiro atoms. The van der Waals surface area contributed by atoms with Gasteiger partial charge in [-0.15, -0.1) is 0 Å². The number of imidazole rings is 1. The highest BCUT2D eigenvalue weighted by atomic mass is 16.1. The van der Waals surface area contributed by atoms with E-state index in [1.807, 2.05) is 26.4 Å². The predicted octanol–water partition coefficient (Wildman–Crippen LogP) is 0.669. The molecule has 1 aromatic heterocycles. The number of nitrogens with one attached hydrogen (secondary N) is 1. The van der Waals surface area contributed by atoms with Gasteiger partial charge in [-0.2, -0.15) is 0 Å². The quantitative estimate of drug-likeness (QED) is 0.681. The number of aromatic nitrogens is 2. The Bertz CT molecular complexity index is 313. The SMILES string of the molecule is CCn1ccn(CCCCNC)c1=O. The lowest BCUT2D eigenvalue weighted by Crippen LogP contribution is -2.23. The number of hydrogen-bond acceptors (Lipinski definition) is 2. The van der Waals surface area contributed by atoms with E-state index in [1.165, 1.54) is 0 Å². The summed E-state index contributed by atoms with van der Waals surface area (Å²) in [5.41, 5.74) is 0.108. The average molecular weight is 197 g/mol. The molecular formula is C10H19N3O. The Morgan fingerprint density at radius 2 is 2.00 bits per heavy atom. The molecule has 14 heavy (non-hydrogen) atoms. The van der Waals surface area contributed by atoms with Crippen LogP contribution in [0.4, 0.5) is 0 Å². The zero-order chi connectivity index (χ0) is 10.4. The molecule has 4 nitrogen and oxygen atoms in total. The van der Waals surface area contributed by atoms with Gasteiger partial charge in [0, 0.05) is 25.5 Å². The van der Waals surface area contributed by atoms with E-state index in [0.717, 1.165) is 32.5 Å². The van der Waals surface area contributed by atoms with Gasteiger partial charge in [-0.1, -0.05) is 0 Å². The first-order valence-corrected chi connectivity index (χ1v) is 5.19. The van der Waals surface area contributed by atoms with Crippen LogP contribution >= 0.6 is 0 Å². The lowest BCUT2D eigenvalue weighted by molar-refractivity contribution is 0.564. The van der Waals surface area contributed by atoms with Crippen molar-refractivity contribution in [2.24, 2.45) is 0 Å². The Morgan fingerprint density at radius 3 is 2.57 bits per heavy atom. The molecule has 1 rings (SSSR count). The molecule has 1 heterocycles. The minimum Gasteiger partial charge on any atom is -0.320 e. The average Bonchev–Trinajstić information content (AvgIpc) is 2.55. The van der Waals surface area contributed by atoms with Crippen molar-refractivity contribution in [2.45, 2.75) is 32.9 Å². The van der Waals surface area contributed by atoms with E-state index in [-0.39, 0.29) is 5.69 Å². The molecule has 0 amide bonds. The van der Waals surface area contributed by atoms with Crippen LogP contribution in [0, 0.1) is 0 Å². The fraction of sp³-hybridized carbons (Fsp3) is 0.700. The molecule has 1 aromatic rings. The highest BCUT2D eigenvalue weighted by Gasteiger charge is 1.99. The molecule has 0 atom stereocenters. The summed E-state index contributed by atoms with van der Waals surface area (Å²) >= 11 is 0. The van der Waals surface area contributed by atoms with Crippen molar-refractivity contribution < 1.29 is 0 Å². The van der Waals surface area contributed by atoms with Gasteiger partial charge in [0.1, 0.15) is 0 Å². The van der Waals surface area contributed by atoms with Gasteiger partial charge in [-0.05, 0) is 33.4 Å². The molecule has 0 fully saturated rings. The Kier molecular flexibility index (Phi) is 4.46. The molecule has 0 aromatic carbocycles. The first kappa shape index (κ1) is 11.0. The summed E-state index contributed by atoms with van der Waals surface area (Å²) in [6.45, 7) is 4.58. The molecule has 0 aliphatic rings. The molecule has 80 valence electrons. The number of unbranched alkanes of at least 4 members (excludes halogenated alkanes) is 1. The number of aryl methyl sites for hydroxylation is 2. The molecule has 0 unspecified atom stereocenters. The third kappa shape index (κ3) is 2.73. The van der Waals surface area contributed by atoms with Gasteiger partial charge < -0.3 is 5.32 Å². The molecule has 0 bridgehead atoms. The lowest BCUT2D eigenvalue weighted by atomic mass is 10.3. The highest BCUT2D eigenvalue weighted by molar-refractivity contribution is 4.80. The van der Waals surface area contributed by atoms with Gasteiger partial charge in [-0.25, -0.2) is 4.79 Å². The van der Waals surface area contributed by atoms with Gasteiger partial charge in [0.05, 0.1) is 0 Å². The normalized spacial score (nSPS) is 10.7. The van der Waals surface area contributed by atoms with E-state index in [4.69, 9.17) is 0 Å². The predicted molar refractivity (Wildman–Crippen MR) is 57.5 cm³/mol. The lowest BCUT2D eigenvalue weighted by Gasteiger charge is -2.01. The second-order valence-corrected chi connectivity index (χ2v) is 3.37. The van der Waals surface area contributed by atoms with Crippen LogP contribution in [0.5, 0.6) is 0 Å². The topological polar surface area (TPSA) is 39.0 Å². The van der Waals surface area contributed by atoms with Gasteiger partial charge in [0.15, 0.2) is 0 Å². The van der Waals surface area contributed by atoms with Crippen LogP contribution in [0.2, 0.25) is 0 Å². The highest BCUT2D eigenvalue weighted by Crippen LogP contribution is 1.92. The van der Waals surface area contributed by atoms with Gasteiger partial charge in [0.25, 0.3) is 0 Å². The monoisotopic (exact) mass is 197 g/mol. The maximum Gasteiger partial charge on any atom is 0.328 e. The summed E-state index contributed by atoms with van der Waals surface area (Å²) in [6.07, 6.45) is 5.88. The van der Waals surface area contributed by atoms with Crippen molar-refractivity contribution in [1.82, 2.24) is 14.5 Å². The van der Waals surface area contributed by atoms with Crippen LogP contribution in [0.25, 0.3) is 0 Å². The maximum absolute atomic E-state index is 11.6. The second kappa shape index (κ2) is 5.65. The zero-order valence-electron chi connectivity index (χ0n) is 8.99. The van der Waals surface area contributed by atoms with Crippen molar-refractivity contribution in [3.8, 4) is 0 Å². The zero-order valence-corrected chi connectivity index (χ0v) is 8.99. The van der Waals surface area contributed by atoms with Crippen LogP contribution in [0.1, 0.15) is 19.8 Å². The molecule has 0 aliphatic heterocycles.